The summed E-state index contributed by atoms with van der Waals surface area (Å²) in [6.45, 7) is 0.974. The van der Waals surface area contributed by atoms with E-state index >= 15 is 0 Å². The van der Waals surface area contributed by atoms with Crippen molar-refractivity contribution in [3.8, 4) is 12.3 Å². The van der Waals surface area contributed by atoms with Crippen molar-refractivity contribution in [2.45, 2.75) is 18.9 Å². The van der Waals surface area contributed by atoms with E-state index in [4.69, 9.17) is 16.9 Å². The third kappa shape index (κ3) is 3.26. The maximum atomic E-state index is 11.6. The maximum Gasteiger partial charge on any atom is 0.240 e. The van der Waals surface area contributed by atoms with Crippen LogP contribution in [0.15, 0.2) is 0 Å². The highest BCUT2D eigenvalue weighted by Crippen LogP contribution is 2.12. The average molecular weight is 210 g/mol. The summed E-state index contributed by atoms with van der Waals surface area (Å²) in [6.07, 6.45) is 5.86. The number of hydrogen-bond donors (Lipinski definition) is 2. The summed E-state index contributed by atoms with van der Waals surface area (Å²) >= 11 is 0. The Morgan fingerprint density at radius 3 is 2.87 bits per heavy atom. The smallest absolute Gasteiger partial charge is 0.240 e. The standard InChI is InChI=1S/C10H14N2O3/c1-2-3-8(9(11)13)12-10(14)7-4-5-15-6-7/h1,7-8H,3-6H2,(H2,11,13)(H,12,14)/t7-,8-/m0/s1. The van der Waals surface area contributed by atoms with Gasteiger partial charge in [0.2, 0.25) is 11.8 Å². The van der Waals surface area contributed by atoms with E-state index in [2.05, 4.69) is 11.2 Å². The number of amides is 2. The molecule has 1 aliphatic heterocycles. The molecule has 82 valence electrons. The van der Waals surface area contributed by atoms with Crippen LogP contribution in [0.4, 0.5) is 0 Å². The fraction of sp³-hybridized carbons (Fsp3) is 0.600. The molecule has 0 aromatic carbocycles. The highest BCUT2D eigenvalue weighted by atomic mass is 16.5. The molecule has 0 bridgehead atoms. The molecule has 0 spiro atoms. The molecule has 1 aliphatic rings. The van der Waals surface area contributed by atoms with Gasteiger partial charge >= 0.3 is 0 Å². The maximum absolute atomic E-state index is 11.6. The molecule has 0 aliphatic carbocycles. The first-order chi connectivity index (χ1) is 7.15. The van der Waals surface area contributed by atoms with Crippen LogP contribution in [0.25, 0.3) is 0 Å². The van der Waals surface area contributed by atoms with Gasteiger partial charge in [-0.25, -0.2) is 0 Å². The molecule has 15 heavy (non-hydrogen) atoms. The Morgan fingerprint density at radius 2 is 2.40 bits per heavy atom. The zero-order valence-corrected chi connectivity index (χ0v) is 8.36. The Kier molecular flexibility index (Phi) is 4.13. The summed E-state index contributed by atoms with van der Waals surface area (Å²) in [6, 6.07) is -0.775. The predicted molar refractivity (Wildman–Crippen MR) is 53.5 cm³/mol. The number of carbonyl (C=O) groups is 2. The van der Waals surface area contributed by atoms with Gasteiger partial charge in [-0.1, -0.05) is 0 Å². The minimum atomic E-state index is -0.775. The summed E-state index contributed by atoms with van der Waals surface area (Å²) in [5, 5.41) is 2.52. The number of hydrogen-bond acceptors (Lipinski definition) is 3. The minimum Gasteiger partial charge on any atom is -0.381 e. The zero-order chi connectivity index (χ0) is 11.3. The van der Waals surface area contributed by atoms with Crippen LogP contribution >= 0.6 is 0 Å². The number of rotatable bonds is 4. The van der Waals surface area contributed by atoms with Gasteiger partial charge in [0.15, 0.2) is 0 Å². The third-order valence-electron chi connectivity index (χ3n) is 2.28. The lowest BCUT2D eigenvalue weighted by atomic mass is 10.1. The van der Waals surface area contributed by atoms with Crippen molar-refractivity contribution in [3.05, 3.63) is 0 Å². The number of primary amides is 1. The van der Waals surface area contributed by atoms with Crippen LogP contribution in [0, 0.1) is 18.3 Å². The monoisotopic (exact) mass is 210 g/mol. The first kappa shape index (κ1) is 11.5. The van der Waals surface area contributed by atoms with Gasteiger partial charge in [0, 0.05) is 13.0 Å². The van der Waals surface area contributed by atoms with Crippen LogP contribution in [-0.2, 0) is 14.3 Å². The lowest BCUT2D eigenvalue weighted by Gasteiger charge is -2.15. The molecule has 1 fully saturated rings. The van der Waals surface area contributed by atoms with Crippen molar-refractivity contribution in [1.29, 1.82) is 0 Å². The van der Waals surface area contributed by atoms with E-state index in [1.54, 1.807) is 0 Å². The van der Waals surface area contributed by atoms with Crippen LogP contribution in [-0.4, -0.2) is 31.1 Å². The lowest BCUT2D eigenvalue weighted by molar-refractivity contribution is -0.129. The molecular formula is C10H14N2O3. The van der Waals surface area contributed by atoms with E-state index in [1.165, 1.54) is 0 Å². The zero-order valence-electron chi connectivity index (χ0n) is 8.36. The van der Waals surface area contributed by atoms with Crippen molar-refractivity contribution in [1.82, 2.24) is 5.32 Å². The van der Waals surface area contributed by atoms with Gasteiger partial charge in [0.25, 0.3) is 0 Å². The SMILES string of the molecule is C#CC[C@H](NC(=O)[C@H]1CCOC1)C(N)=O. The van der Waals surface area contributed by atoms with E-state index in [-0.39, 0.29) is 18.2 Å². The van der Waals surface area contributed by atoms with Crippen LogP contribution < -0.4 is 11.1 Å². The molecule has 1 rings (SSSR count). The quantitative estimate of drug-likeness (QED) is 0.585. The van der Waals surface area contributed by atoms with Crippen molar-refractivity contribution >= 4 is 11.8 Å². The molecule has 1 heterocycles. The second-order valence-electron chi connectivity index (χ2n) is 3.43. The molecule has 3 N–H and O–H groups in total. The summed E-state index contributed by atoms with van der Waals surface area (Å²) in [4.78, 5) is 22.5. The predicted octanol–water partition coefficient (Wildman–Crippen LogP) is -0.984. The largest absolute Gasteiger partial charge is 0.381 e. The summed E-state index contributed by atoms with van der Waals surface area (Å²) < 4.78 is 5.06. The minimum absolute atomic E-state index is 0.120. The topological polar surface area (TPSA) is 81.4 Å². The molecule has 5 nitrogen and oxygen atoms in total. The van der Waals surface area contributed by atoms with Crippen LogP contribution in [0.3, 0.4) is 0 Å². The molecule has 0 radical (unpaired) electrons. The van der Waals surface area contributed by atoms with Crippen molar-refractivity contribution in [2.75, 3.05) is 13.2 Å². The van der Waals surface area contributed by atoms with E-state index in [1.807, 2.05) is 0 Å². The second-order valence-corrected chi connectivity index (χ2v) is 3.43. The number of carbonyl (C=O) groups excluding carboxylic acids is 2. The summed E-state index contributed by atoms with van der Waals surface area (Å²) in [7, 11) is 0. The van der Waals surface area contributed by atoms with E-state index in [0.29, 0.717) is 19.6 Å². The molecule has 2 amide bonds. The third-order valence-corrected chi connectivity index (χ3v) is 2.28. The molecule has 5 heteroatoms. The van der Waals surface area contributed by atoms with Gasteiger partial charge in [-0.2, -0.15) is 0 Å². The molecule has 2 atom stereocenters. The normalized spacial score (nSPS) is 21.7. The molecular weight excluding hydrogens is 196 g/mol. The van der Waals surface area contributed by atoms with Gasteiger partial charge in [0.1, 0.15) is 6.04 Å². The summed E-state index contributed by atoms with van der Waals surface area (Å²) in [5.74, 6) is 1.28. The Labute approximate surface area is 88.3 Å². The Balaban J connectivity index is 2.46. The average Bonchev–Trinajstić information content (AvgIpc) is 2.69. The van der Waals surface area contributed by atoms with Crippen LogP contribution in [0.1, 0.15) is 12.8 Å². The van der Waals surface area contributed by atoms with Crippen LogP contribution in [0.2, 0.25) is 0 Å². The van der Waals surface area contributed by atoms with Crippen molar-refractivity contribution in [3.63, 3.8) is 0 Å². The molecule has 0 aromatic heterocycles. The fourth-order valence-corrected chi connectivity index (χ4v) is 1.37. The Morgan fingerprint density at radius 1 is 1.67 bits per heavy atom. The number of ether oxygens (including phenoxy) is 1. The van der Waals surface area contributed by atoms with Gasteiger partial charge in [-0.3, -0.25) is 9.59 Å². The van der Waals surface area contributed by atoms with E-state index in [0.717, 1.165) is 0 Å². The van der Waals surface area contributed by atoms with E-state index < -0.39 is 11.9 Å². The highest BCUT2D eigenvalue weighted by Gasteiger charge is 2.26. The first-order valence-corrected chi connectivity index (χ1v) is 4.76. The molecule has 0 saturated carbocycles. The van der Waals surface area contributed by atoms with E-state index in [9.17, 15) is 9.59 Å². The van der Waals surface area contributed by atoms with Gasteiger partial charge in [0.05, 0.1) is 12.5 Å². The van der Waals surface area contributed by atoms with Crippen molar-refractivity contribution in [2.24, 2.45) is 11.7 Å². The second kappa shape index (κ2) is 5.37. The fourth-order valence-electron chi connectivity index (χ4n) is 1.37. The van der Waals surface area contributed by atoms with Crippen LogP contribution in [0.5, 0.6) is 0 Å². The molecule has 0 aromatic rings. The number of nitrogens with two attached hydrogens (primary N) is 1. The van der Waals surface area contributed by atoms with Crippen molar-refractivity contribution < 1.29 is 14.3 Å². The Hall–Kier alpha value is -1.54. The highest BCUT2D eigenvalue weighted by molar-refractivity contribution is 5.87. The van der Waals surface area contributed by atoms with Gasteiger partial charge < -0.3 is 15.8 Å². The van der Waals surface area contributed by atoms with Gasteiger partial charge in [-0.15, -0.1) is 12.3 Å². The lowest BCUT2D eigenvalue weighted by Crippen LogP contribution is -2.46. The summed E-state index contributed by atoms with van der Waals surface area (Å²) in [5.41, 5.74) is 5.09. The van der Waals surface area contributed by atoms with Gasteiger partial charge in [-0.05, 0) is 6.42 Å². The first-order valence-electron chi connectivity index (χ1n) is 4.76. The molecule has 0 unspecified atom stereocenters. The number of nitrogens with one attached hydrogen (secondary N) is 1. The molecule has 1 saturated heterocycles. The Bertz CT molecular complexity index is 290. The number of terminal acetylenes is 1.